The Morgan fingerprint density at radius 1 is 1.15 bits per heavy atom. The molecule has 2 rings (SSSR count). The molecule has 0 aliphatic carbocycles. The Kier molecular flexibility index (Phi) is 5.07. The Balaban J connectivity index is 2.37. The summed E-state index contributed by atoms with van der Waals surface area (Å²) in [5.41, 5.74) is 1.20. The highest BCUT2D eigenvalue weighted by Crippen LogP contribution is 2.30. The van der Waals surface area contributed by atoms with E-state index in [4.69, 9.17) is 11.6 Å². The smallest absolute Gasteiger partial charge is 0.330 e. The fourth-order valence-electron chi connectivity index (χ4n) is 1.75. The molecule has 2 N–H and O–H groups in total. The lowest BCUT2D eigenvalue weighted by Gasteiger charge is -2.18. The Labute approximate surface area is 138 Å². The van der Waals surface area contributed by atoms with Crippen molar-refractivity contribution in [3.63, 3.8) is 0 Å². The van der Waals surface area contributed by atoms with Crippen LogP contribution in [0.1, 0.15) is 11.6 Å². The van der Waals surface area contributed by atoms with Crippen LogP contribution in [-0.4, -0.2) is 11.1 Å². The highest BCUT2D eigenvalue weighted by molar-refractivity contribution is 9.10. The number of aliphatic carboxylic acids is 1. The number of halogens is 3. The van der Waals surface area contributed by atoms with Gasteiger partial charge in [0, 0.05) is 25.2 Å². The Hall–Kier alpha value is -1.04. The number of benzene rings is 2. The van der Waals surface area contributed by atoms with E-state index < -0.39 is 12.0 Å². The lowest BCUT2D eigenvalue weighted by molar-refractivity contribution is -0.138. The highest BCUT2D eigenvalue weighted by atomic mass is 79.9. The third-order valence-corrected chi connectivity index (χ3v) is 3.98. The molecule has 2 aromatic carbocycles. The van der Waals surface area contributed by atoms with Crippen LogP contribution in [0.5, 0.6) is 0 Å². The molecule has 104 valence electrons. The van der Waals surface area contributed by atoms with Gasteiger partial charge >= 0.3 is 5.97 Å². The van der Waals surface area contributed by atoms with E-state index in [1.165, 1.54) is 0 Å². The summed E-state index contributed by atoms with van der Waals surface area (Å²) < 4.78 is 1.64. The van der Waals surface area contributed by atoms with Crippen LogP contribution < -0.4 is 5.32 Å². The normalized spacial score (nSPS) is 11.9. The molecule has 1 unspecified atom stereocenters. The van der Waals surface area contributed by atoms with E-state index in [0.717, 1.165) is 8.95 Å². The molecule has 2 aromatic rings. The number of carboxylic acid groups (broad SMARTS) is 1. The summed E-state index contributed by atoms with van der Waals surface area (Å²) in [7, 11) is 0. The van der Waals surface area contributed by atoms with Gasteiger partial charge in [0.05, 0.1) is 0 Å². The zero-order chi connectivity index (χ0) is 14.7. The predicted octanol–water partition coefficient (Wildman–Crippen LogP) is 5.10. The van der Waals surface area contributed by atoms with Crippen molar-refractivity contribution in [3.05, 3.63) is 62.0 Å². The molecule has 0 saturated carbocycles. The summed E-state index contributed by atoms with van der Waals surface area (Å²) in [6, 6.07) is 11.5. The Morgan fingerprint density at radius 2 is 1.85 bits per heavy atom. The number of hydrogen-bond donors (Lipinski definition) is 2. The molecule has 0 fully saturated rings. The standard InChI is InChI=1S/C14H10Br2ClNO2/c15-8-2-1-3-10(6-8)18-13(14(19)20)11-7-9(16)4-5-12(11)17/h1-7,13,18H,(H,19,20). The van der Waals surface area contributed by atoms with Crippen LogP contribution in [-0.2, 0) is 4.79 Å². The summed E-state index contributed by atoms with van der Waals surface area (Å²) in [6.07, 6.45) is 0. The molecule has 0 amide bonds. The van der Waals surface area contributed by atoms with Gasteiger partial charge < -0.3 is 10.4 Å². The first-order chi connectivity index (χ1) is 9.47. The number of carbonyl (C=O) groups is 1. The topological polar surface area (TPSA) is 49.3 Å². The molecule has 1 atom stereocenters. The largest absolute Gasteiger partial charge is 0.479 e. The van der Waals surface area contributed by atoms with Crippen molar-refractivity contribution in [1.82, 2.24) is 0 Å². The maximum Gasteiger partial charge on any atom is 0.330 e. The Morgan fingerprint density at radius 3 is 2.50 bits per heavy atom. The monoisotopic (exact) mass is 417 g/mol. The summed E-state index contributed by atoms with van der Waals surface area (Å²) >= 11 is 12.8. The van der Waals surface area contributed by atoms with Crippen LogP contribution in [0.25, 0.3) is 0 Å². The summed E-state index contributed by atoms with van der Waals surface area (Å²) in [4.78, 5) is 11.5. The van der Waals surface area contributed by atoms with Crippen LogP contribution >= 0.6 is 43.5 Å². The zero-order valence-electron chi connectivity index (χ0n) is 10.1. The van der Waals surface area contributed by atoms with E-state index >= 15 is 0 Å². The van der Waals surface area contributed by atoms with Crippen LogP contribution in [0.2, 0.25) is 5.02 Å². The van der Waals surface area contributed by atoms with Gasteiger partial charge in [0.25, 0.3) is 0 Å². The molecular weight excluding hydrogens is 409 g/mol. The van der Waals surface area contributed by atoms with Crippen molar-refractivity contribution in [2.75, 3.05) is 5.32 Å². The highest BCUT2D eigenvalue weighted by Gasteiger charge is 2.22. The molecular formula is C14H10Br2ClNO2. The maximum atomic E-state index is 11.5. The third-order valence-electron chi connectivity index (χ3n) is 2.65. The molecule has 0 heterocycles. The van der Waals surface area contributed by atoms with E-state index in [1.807, 2.05) is 18.2 Å². The maximum absolute atomic E-state index is 11.5. The molecule has 0 spiro atoms. The minimum atomic E-state index is -0.995. The van der Waals surface area contributed by atoms with Gasteiger partial charge in [-0.25, -0.2) is 4.79 Å². The first kappa shape index (κ1) is 15.4. The average molecular weight is 420 g/mol. The third kappa shape index (κ3) is 3.75. The summed E-state index contributed by atoms with van der Waals surface area (Å²) in [6.45, 7) is 0. The average Bonchev–Trinajstić information content (AvgIpc) is 2.39. The SMILES string of the molecule is O=C(O)C(Nc1cccc(Br)c1)c1cc(Br)ccc1Cl. The first-order valence-corrected chi connectivity index (χ1v) is 7.63. The van der Waals surface area contributed by atoms with Crippen LogP contribution in [0.4, 0.5) is 5.69 Å². The van der Waals surface area contributed by atoms with E-state index in [1.54, 1.807) is 24.3 Å². The van der Waals surface area contributed by atoms with Crippen LogP contribution in [0.3, 0.4) is 0 Å². The van der Waals surface area contributed by atoms with Gasteiger partial charge in [-0.2, -0.15) is 0 Å². The molecule has 0 saturated heterocycles. The second-order valence-electron chi connectivity index (χ2n) is 4.09. The first-order valence-electron chi connectivity index (χ1n) is 5.67. The van der Waals surface area contributed by atoms with E-state index in [2.05, 4.69) is 37.2 Å². The fraction of sp³-hybridized carbons (Fsp3) is 0.0714. The van der Waals surface area contributed by atoms with E-state index in [-0.39, 0.29) is 0 Å². The quantitative estimate of drug-likeness (QED) is 0.725. The van der Waals surface area contributed by atoms with Gasteiger partial charge in [-0.05, 0) is 36.4 Å². The van der Waals surface area contributed by atoms with Crippen molar-refractivity contribution in [3.8, 4) is 0 Å². The van der Waals surface area contributed by atoms with E-state index in [9.17, 15) is 9.90 Å². The molecule has 0 aliphatic rings. The number of carboxylic acids is 1. The second-order valence-corrected chi connectivity index (χ2v) is 6.33. The molecule has 3 nitrogen and oxygen atoms in total. The fourth-order valence-corrected chi connectivity index (χ4v) is 2.76. The van der Waals surface area contributed by atoms with Crippen molar-refractivity contribution in [2.24, 2.45) is 0 Å². The molecule has 0 aromatic heterocycles. The van der Waals surface area contributed by atoms with Crippen LogP contribution in [0, 0.1) is 0 Å². The molecule has 0 aliphatic heterocycles. The van der Waals surface area contributed by atoms with Gasteiger partial charge in [-0.15, -0.1) is 0 Å². The molecule has 6 heteroatoms. The van der Waals surface area contributed by atoms with Gasteiger partial charge in [0.2, 0.25) is 0 Å². The minimum Gasteiger partial charge on any atom is -0.479 e. The number of anilines is 1. The zero-order valence-corrected chi connectivity index (χ0v) is 14.0. The Bertz CT molecular complexity index is 649. The molecule has 20 heavy (non-hydrogen) atoms. The minimum absolute atomic E-state index is 0.406. The van der Waals surface area contributed by atoms with Crippen molar-refractivity contribution in [1.29, 1.82) is 0 Å². The summed E-state index contributed by atoms with van der Waals surface area (Å²) in [5, 5.41) is 12.8. The lowest BCUT2D eigenvalue weighted by Crippen LogP contribution is -2.20. The van der Waals surface area contributed by atoms with Crippen molar-refractivity contribution in [2.45, 2.75) is 6.04 Å². The van der Waals surface area contributed by atoms with Crippen molar-refractivity contribution >= 4 is 55.1 Å². The second kappa shape index (κ2) is 6.61. The van der Waals surface area contributed by atoms with Crippen molar-refractivity contribution < 1.29 is 9.90 Å². The van der Waals surface area contributed by atoms with Gasteiger partial charge in [0.1, 0.15) is 0 Å². The number of hydrogen-bond acceptors (Lipinski definition) is 2. The number of nitrogens with one attached hydrogen (secondary N) is 1. The lowest BCUT2D eigenvalue weighted by atomic mass is 10.1. The van der Waals surface area contributed by atoms with Gasteiger partial charge in [0.15, 0.2) is 6.04 Å². The van der Waals surface area contributed by atoms with Gasteiger partial charge in [-0.3, -0.25) is 0 Å². The summed E-state index contributed by atoms with van der Waals surface area (Å²) in [5.74, 6) is -0.995. The van der Waals surface area contributed by atoms with Crippen LogP contribution in [0.15, 0.2) is 51.4 Å². The number of rotatable bonds is 4. The predicted molar refractivity (Wildman–Crippen MR) is 87.3 cm³/mol. The molecule has 0 bridgehead atoms. The van der Waals surface area contributed by atoms with E-state index in [0.29, 0.717) is 16.3 Å². The van der Waals surface area contributed by atoms with Gasteiger partial charge in [-0.1, -0.05) is 49.5 Å². The molecule has 0 radical (unpaired) electrons.